The molecule has 0 spiro atoms. The molecular formula is C10H12BBrF4N4. The summed E-state index contributed by atoms with van der Waals surface area (Å²) in [5.74, 6) is 0. The third-order valence-corrected chi connectivity index (χ3v) is 2.00. The second kappa shape index (κ2) is 7.33. The zero-order valence-electron chi connectivity index (χ0n) is 11.0. The van der Waals surface area contributed by atoms with Gasteiger partial charge in [-0.15, -0.1) is 5.11 Å². The molecule has 0 aromatic heterocycles. The number of halogens is 5. The second-order valence-corrected chi connectivity index (χ2v) is 5.51. The monoisotopic (exact) mass is 354 g/mol. The summed E-state index contributed by atoms with van der Waals surface area (Å²) in [6, 6.07) is 5.20. The summed E-state index contributed by atoms with van der Waals surface area (Å²) in [6.07, 6.45) is 0. The molecule has 1 rings (SSSR count). The highest BCUT2D eigenvalue weighted by Gasteiger charge is 2.20. The Labute approximate surface area is 122 Å². The normalized spacial score (nSPS) is 11.8. The van der Waals surface area contributed by atoms with Crippen molar-refractivity contribution in [2.75, 3.05) is 0 Å². The quantitative estimate of drug-likeness (QED) is 0.259. The van der Waals surface area contributed by atoms with E-state index in [0.717, 1.165) is 4.47 Å². The van der Waals surface area contributed by atoms with Crippen LogP contribution in [0.25, 0.3) is 4.98 Å². The van der Waals surface area contributed by atoms with E-state index in [4.69, 9.17) is 5.39 Å². The number of nitrogens with zero attached hydrogens (tertiary/aromatic N) is 4. The van der Waals surface area contributed by atoms with E-state index >= 15 is 0 Å². The Morgan fingerprint density at radius 1 is 1.20 bits per heavy atom. The van der Waals surface area contributed by atoms with Gasteiger partial charge in [0.05, 0.1) is 5.54 Å². The minimum atomic E-state index is -6.00. The van der Waals surface area contributed by atoms with Crippen LogP contribution in [0.3, 0.4) is 0 Å². The molecule has 1 aromatic rings. The van der Waals surface area contributed by atoms with E-state index in [-0.39, 0.29) is 5.54 Å². The molecule has 0 radical (unpaired) electrons. The standard InChI is InChI=1S/C10H12BrN4.BF4/c1-10(2,3)15-14-9-6-7(11)4-5-8(9)13-12;2-1(3,4)5/h4-6H,1-3H3;/q+1;-1. The molecular weight excluding hydrogens is 343 g/mol. The minimum absolute atomic E-state index is 0.241. The summed E-state index contributed by atoms with van der Waals surface area (Å²) < 4.78 is 39.9. The average molecular weight is 355 g/mol. The van der Waals surface area contributed by atoms with Gasteiger partial charge in [0, 0.05) is 10.5 Å². The molecule has 0 fully saturated rings. The van der Waals surface area contributed by atoms with Gasteiger partial charge in [-0.05, 0) is 32.9 Å². The van der Waals surface area contributed by atoms with Crippen LogP contribution in [0.1, 0.15) is 20.8 Å². The molecule has 0 saturated carbocycles. The minimum Gasteiger partial charge on any atom is -0.418 e. The lowest BCUT2D eigenvalue weighted by Crippen LogP contribution is -2.07. The number of rotatable bonds is 1. The zero-order chi connectivity index (χ0) is 16.0. The van der Waals surface area contributed by atoms with Gasteiger partial charge in [-0.25, -0.2) is 0 Å². The van der Waals surface area contributed by atoms with Crippen molar-refractivity contribution in [2.24, 2.45) is 10.2 Å². The van der Waals surface area contributed by atoms with E-state index in [1.807, 2.05) is 20.8 Å². The van der Waals surface area contributed by atoms with Crippen LogP contribution < -0.4 is 0 Å². The Hall–Kier alpha value is -1.50. The molecule has 0 aliphatic carbocycles. The molecule has 4 nitrogen and oxygen atoms in total. The van der Waals surface area contributed by atoms with Crippen LogP contribution in [0.5, 0.6) is 0 Å². The van der Waals surface area contributed by atoms with Crippen molar-refractivity contribution in [3.63, 3.8) is 0 Å². The third kappa shape index (κ3) is 10.4. The van der Waals surface area contributed by atoms with E-state index in [9.17, 15) is 17.3 Å². The Kier molecular flexibility index (Phi) is 6.78. The SMILES string of the molecule is CC(C)(C)N=Nc1cc(Br)ccc1[N+]#N.F[B-](F)(F)F. The molecule has 110 valence electrons. The van der Waals surface area contributed by atoms with Gasteiger partial charge in [-0.2, -0.15) is 5.11 Å². The van der Waals surface area contributed by atoms with E-state index in [0.29, 0.717) is 11.4 Å². The summed E-state index contributed by atoms with van der Waals surface area (Å²) in [5.41, 5.74) is 0.711. The highest BCUT2D eigenvalue weighted by atomic mass is 79.9. The fourth-order valence-electron chi connectivity index (χ4n) is 0.865. The maximum absolute atomic E-state index is 9.75. The number of diazo groups is 1. The predicted octanol–water partition coefficient (Wildman–Crippen LogP) is 6.12. The maximum atomic E-state index is 9.75. The van der Waals surface area contributed by atoms with Gasteiger partial charge in [0.1, 0.15) is 0 Å². The number of azo groups is 1. The fraction of sp³-hybridized carbons (Fsp3) is 0.400. The average Bonchev–Trinajstić information content (AvgIpc) is 2.23. The molecule has 1 aromatic carbocycles. The van der Waals surface area contributed by atoms with Crippen LogP contribution in [0, 0.1) is 5.39 Å². The van der Waals surface area contributed by atoms with Crippen LogP contribution in [0.4, 0.5) is 28.6 Å². The van der Waals surface area contributed by atoms with Crippen molar-refractivity contribution in [1.82, 2.24) is 0 Å². The van der Waals surface area contributed by atoms with E-state index in [1.54, 1.807) is 18.2 Å². The molecule has 0 bridgehead atoms. The summed E-state index contributed by atoms with van der Waals surface area (Å²) in [6.45, 7) is 5.85. The van der Waals surface area contributed by atoms with Gasteiger partial charge in [-0.1, -0.05) is 15.9 Å². The topological polar surface area (TPSA) is 52.9 Å². The van der Waals surface area contributed by atoms with E-state index in [1.165, 1.54) is 0 Å². The summed E-state index contributed by atoms with van der Waals surface area (Å²) in [5, 5.41) is 16.9. The first kappa shape index (κ1) is 18.5. The van der Waals surface area contributed by atoms with E-state index < -0.39 is 7.25 Å². The van der Waals surface area contributed by atoms with Gasteiger partial charge in [0.25, 0.3) is 0 Å². The fourth-order valence-corrected chi connectivity index (χ4v) is 1.21. The largest absolute Gasteiger partial charge is 0.673 e. The lowest BCUT2D eigenvalue weighted by molar-refractivity contribution is 0.368. The molecule has 0 amide bonds. The molecule has 0 unspecified atom stereocenters. The smallest absolute Gasteiger partial charge is 0.418 e. The maximum Gasteiger partial charge on any atom is 0.673 e. The third-order valence-electron chi connectivity index (χ3n) is 1.50. The molecule has 0 atom stereocenters. The Morgan fingerprint density at radius 3 is 2.10 bits per heavy atom. The molecule has 0 saturated heterocycles. The van der Waals surface area contributed by atoms with Crippen molar-refractivity contribution in [2.45, 2.75) is 26.3 Å². The van der Waals surface area contributed by atoms with E-state index in [2.05, 4.69) is 31.1 Å². The van der Waals surface area contributed by atoms with Gasteiger partial charge in [0.15, 0.2) is 10.7 Å². The lowest BCUT2D eigenvalue weighted by atomic mass is 10.1. The van der Waals surface area contributed by atoms with Crippen LogP contribution in [0.15, 0.2) is 32.9 Å². The molecule has 0 aliphatic rings. The van der Waals surface area contributed by atoms with Gasteiger partial charge in [-0.3, -0.25) is 0 Å². The zero-order valence-corrected chi connectivity index (χ0v) is 12.6. The van der Waals surface area contributed by atoms with Crippen LogP contribution in [-0.4, -0.2) is 12.8 Å². The number of hydrogen-bond donors (Lipinski definition) is 0. The first-order valence-corrected chi connectivity index (χ1v) is 6.16. The van der Waals surface area contributed by atoms with Crippen molar-refractivity contribution >= 4 is 34.6 Å². The second-order valence-electron chi connectivity index (χ2n) is 4.60. The lowest BCUT2D eigenvalue weighted by Gasteiger charge is -2.08. The van der Waals surface area contributed by atoms with Crippen molar-refractivity contribution in [3.8, 4) is 0 Å². The van der Waals surface area contributed by atoms with Gasteiger partial charge < -0.3 is 17.3 Å². The van der Waals surface area contributed by atoms with Crippen LogP contribution in [-0.2, 0) is 0 Å². The molecule has 0 heterocycles. The first-order valence-electron chi connectivity index (χ1n) is 5.37. The Balaban J connectivity index is 0.000000621. The summed E-state index contributed by atoms with van der Waals surface area (Å²) in [4.78, 5) is 3.14. The van der Waals surface area contributed by atoms with Crippen molar-refractivity contribution in [1.29, 1.82) is 5.39 Å². The highest BCUT2D eigenvalue weighted by molar-refractivity contribution is 9.10. The van der Waals surface area contributed by atoms with Crippen LogP contribution >= 0.6 is 15.9 Å². The van der Waals surface area contributed by atoms with Gasteiger partial charge in [0.2, 0.25) is 5.39 Å². The molecule has 20 heavy (non-hydrogen) atoms. The van der Waals surface area contributed by atoms with Gasteiger partial charge >= 0.3 is 12.9 Å². The summed E-state index contributed by atoms with van der Waals surface area (Å²) in [7, 11) is -6.00. The highest BCUT2D eigenvalue weighted by Crippen LogP contribution is 2.32. The molecule has 0 N–H and O–H groups in total. The first-order chi connectivity index (χ1) is 8.92. The predicted molar refractivity (Wildman–Crippen MR) is 73.3 cm³/mol. The van der Waals surface area contributed by atoms with Crippen LogP contribution in [0.2, 0.25) is 0 Å². The number of hydrogen-bond acceptors (Lipinski definition) is 3. The Morgan fingerprint density at radius 2 is 1.70 bits per heavy atom. The number of benzene rings is 1. The van der Waals surface area contributed by atoms with Crippen molar-refractivity contribution < 1.29 is 17.3 Å². The molecule has 10 heteroatoms. The molecule has 0 aliphatic heterocycles. The summed E-state index contributed by atoms with van der Waals surface area (Å²) >= 11 is 3.32. The Bertz CT molecular complexity index is 513. The van der Waals surface area contributed by atoms with Crippen molar-refractivity contribution in [3.05, 3.63) is 27.6 Å².